The van der Waals surface area contributed by atoms with E-state index in [1.165, 1.54) is 18.6 Å². The molecule has 3 aromatic rings. The lowest BCUT2D eigenvalue weighted by Gasteiger charge is -2.21. The van der Waals surface area contributed by atoms with Crippen LogP contribution < -0.4 is 0 Å². The number of carbonyl (C=O) groups excluding carboxylic acids is 1. The third kappa shape index (κ3) is 5.06. The van der Waals surface area contributed by atoms with Gasteiger partial charge in [-0.15, -0.1) is 4.80 Å². The van der Waals surface area contributed by atoms with Crippen molar-refractivity contribution in [3.05, 3.63) is 63.8 Å². The summed E-state index contributed by atoms with van der Waals surface area (Å²) in [6, 6.07) is 0.910. The third-order valence-corrected chi connectivity index (χ3v) is 6.01. The van der Waals surface area contributed by atoms with Crippen molar-refractivity contribution in [1.29, 1.82) is 0 Å². The fourth-order valence-electron chi connectivity index (χ4n) is 3.82. The number of nitrogens with zero attached hydrogens (tertiary/aromatic N) is 5. The van der Waals surface area contributed by atoms with Crippen LogP contribution in [-0.2, 0) is 28.5 Å². The van der Waals surface area contributed by atoms with Gasteiger partial charge in [-0.05, 0) is 42.9 Å². The van der Waals surface area contributed by atoms with Gasteiger partial charge in [-0.3, -0.25) is 9.78 Å². The molecule has 7 nitrogen and oxygen atoms in total. The number of hydrogen-bond donors (Lipinski definition) is 0. The number of hydrogen-bond acceptors (Lipinski definition) is 6. The molecule has 33 heavy (non-hydrogen) atoms. The van der Waals surface area contributed by atoms with Crippen LogP contribution in [0.25, 0.3) is 5.82 Å². The largest absolute Gasteiger partial charge is 0.420 e. The molecular weight excluding hydrogens is 459 g/mol. The molecule has 1 saturated carbocycles. The van der Waals surface area contributed by atoms with E-state index >= 15 is 0 Å². The second kappa shape index (κ2) is 9.18. The molecule has 3 aromatic heterocycles. The Morgan fingerprint density at radius 1 is 1.21 bits per heavy atom. The van der Waals surface area contributed by atoms with E-state index in [2.05, 4.69) is 20.2 Å². The summed E-state index contributed by atoms with van der Waals surface area (Å²) in [6.45, 7) is 1.78. The molecule has 1 atom stereocenters. The number of rotatable bonds is 8. The number of halogens is 4. The van der Waals surface area contributed by atoms with Crippen molar-refractivity contribution < 1.29 is 22.7 Å². The minimum atomic E-state index is -4.69. The fourth-order valence-corrected chi connectivity index (χ4v) is 4.10. The lowest BCUT2D eigenvalue weighted by atomic mass is 9.95. The Balaban J connectivity index is 1.59. The Morgan fingerprint density at radius 2 is 1.91 bits per heavy atom. The van der Waals surface area contributed by atoms with Gasteiger partial charge in [0.25, 0.3) is 0 Å². The first kappa shape index (κ1) is 23.3. The van der Waals surface area contributed by atoms with Crippen LogP contribution in [0.4, 0.5) is 13.2 Å². The van der Waals surface area contributed by atoms with Gasteiger partial charge in [0.05, 0.1) is 29.2 Å². The summed E-state index contributed by atoms with van der Waals surface area (Å²) in [6.07, 6.45) is 2.16. The Bertz CT molecular complexity index is 1160. The van der Waals surface area contributed by atoms with E-state index in [1.807, 2.05) is 0 Å². The SMILES string of the molecule is CO[C@H](c1c(CC(=O)Cc2cnc(-n3nccn3)c(C(F)(F)F)c2)cnc(C)c1Cl)C1CC1. The molecule has 3 heterocycles. The topological polar surface area (TPSA) is 82.8 Å². The van der Waals surface area contributed by atoms with Gasteiger partial charge in [0.1, 0.15) is 11.3 Å². The van der Waals surface area contributed by atoms with E-state index in [0.717, 1.165) is 29.3 Å². The van der Waals surface area contributed by atoms with Crippen molar-refractivity contribution in [2.45, 2.75) is 44.9 Å². The minimum Gasteiger partial charge on any atom is -0.376 e. The second-order valence-electron chi connectivity index (χ2n) is 8.01. The van der Waals surface area contributed by atoms with Crippen LogP contribution in [0, 0.1) is 12.8 Å². The summed E-state index contributed by atoms with van der Waals surface area (Å²) < 4.78 is 46.5. The van der Waals surface area contributed by atoms with Crippen LogP contribution in [0.3, 0.4) is 0 Å². The van der Waals surface area contributed by atoms with Crippen LogP contribution >= 0.6 is 11.6 Å². The summed E-state index contributed by atoms with van der Waals surface area (Å²) in [5.74, 6) is -0.415. The number of methoxy groups -OCH3 is 1. The predicted octanol–water partition coefficient (Wildman–Crippen LogP) is 4.49. The fraction of sp³-hybridized carbons (Fsp3) is 0.409. The molecule has 174 valence electrons. The maximum atomic E-state index is 13.6. The van der Waals surface area contributed by atoms with Crippen molar-refractivity contribution in [3.8, 4) is 5.82 Å². The molecule has 0 bridgehead atoms. The molecule has 1 fully saturated rings. The number of ketones is 1. The second-order valence-corrected chi connectivity index (χ2v) is 8.39. The van der Waals surface area contributed by atoms with Gasteiger partial charge in [-0.1, -0.05) is 11.6 Å². The molecule has 0 unspecified atom stereocenters. The van der Waals surface area contributed by atoms with E-state index < -0.39 is 17.6 Å². The lowest BCUT2D eigenvalue weighted by Crippen LogP contribution is -2.17. The van der Waals surface area contributed by atoms with E-state index in [0.29, 0.717) is 22.2 Å². The molecule has 0 radical (unpaired) electrons. The molecular formula is C22H21ClF3N5O2. The number of aromatic nitrogens is 5. The lowest BCUT2D eigenvalue weighted by molar-refractivity contribution is -0.138. The molecule has 0 spiro atoms. The number of Topliss-reactive ketones (excluding diaryl/α,β-unsaturated/α-hetero) is 1. The molecule has 0 aromatic carbocycles. The third-order valence-electron chi connectivity index (χ3n) is 5.53. The van der Waals surface area contributed by atoms with Crippen LogP contribution in [0.2, 0.25) is 5.02 Å². The van der Waals surface area contributed by atoms with E-state index in [-0.39, 0.29) is 30.3 Å². The first-order chi connectivity index (χ1) is 15.7. The Hall–Kier alpha value is -2.85. The molecule has 0 saturated heterocycles. The Kier molecular flexibility index (Phi) is 6.49. The first-order valence-corrected chi connectivity index (χ1v) is 10.7. The number of ether oxygens (including phenoxy) is 1. The van der Waals surface area contributed by atoms with E-state index in [4.69, 9.17) is 16.3 Å². The standard InChI is InChI=1S/C22H21ClF3N5O2/c1-12-19(23)18(20(33-2)14-3-4-14)15(11-27-12)9-16(32)7-13-8-17(22(24,25)26)21(28-10-13)31-29-5-6-30-31/h5-6,8,10-11,14,20H,3-4,7,9H2,1-2H3/t20-/m0/s1. The summed E-state index contributed by atoms with van der Waals surface area (Å²) in [5.41, 5.74) is 1.11. The van der Waals surface area contributed by atoms with Gasteiger partial charge in [0.15, 0.2) is 5.82 Å². The summed E-state index contributed by atoms with van der Waals surface area (Å²) >= 11 is 6.52. The first-order valence-electron chi connectivity index (χ1n) is 10.3. The van der Waals surface area contributed by atoms with Crippen molar-refractivity contribution >= 4 is 17.4 Å². The normalized spacial score (nSPS) is 15.0. The number of aryl methyl sites for hydroxylation is 1. The monoisotopic (exact) mass is 479 g/mol. The maximum Gasteiger partial charge on any atom is 0.420 e. The Morgan fingerprint density at radius 3 is 2.52 bits per heavy atom. The zero-order valence-electron chi connectivity index (χ0n) is 17.9. The highest BCUT2D eigenvalue weighted by atomic mass is 35.5. The zero-order valence-corrected chi connectivity index (χ0v) is 18.7. The minimum absolute atomic E-state index is 0.0290. The number of alkyl halides is 3. The van der Waals surface area contributed by atoms with E-state index in [9.17, 15) is 18.0 Å². The summed E-state index contributed by atoms with van der Waals surface area (Å²) in [5, 5.41) is 7.90. The predicted molar refractivity (Wildman–Crippen MR) is 113 cm³/mol. The quantitative estimate of drug-likeness (QED) is 0.473. The van der Waals surface area contributed by atoms with Gasteiger partial charge in [-0.25, -0.2) is 4.98 Å². The van der Waals surface area contributed by atoms with Crippen LogP contribution in [0.1, 0.15) is 46.9 Å². The van der Waals surface area contributed by atoms with Gasteiger partial charge < -0.3 is 4.74 Å². The average molecular weight is 480 g/mol. The molecule has 1 aliphatic carbocycles. The van der Waals surface area contributed by atoms with Crippen LogP contribution in [-0.4, -0.2) is 37.9 Å². The molecule has 1 aliphatic rings. The van der Waals surface area contributed by atoms with Crippen LogP contribution in [0.15, 0.2) is 30.9 Å². The molecule has 11 heteroatoms. The van der Waals surface area contributed by atoms with E-state index in [1.54, 1.807) is 20.2 Å². The molecule has 0 amide bonds. The van der Waals surface area contributed by atoms with Crippen molar-refractivity contribution in [2.24, 2.45) is 5.92 Å². The summed E-state index contributed by atoms with van der Waals surface area (Å²) in [4.78, 5) is 21.8. The number of pyridine rings is 2. The van der Waals surface area contributed by atoms with Crippen molar-refractivity contribution in [2.75, 3.05) is 7.11 Å². The van der Waals surface area contributed by atoms with Crippen LogP contribution in [0.5, 0.6) is 0 Å². The summed E-state index contributed by atoms with van der Waals surface area (Å²) in [7, 11) is 1.60. The maximum absolute atomic E-state index is 13.6. The number of carbonyl (C=O) groups is 1. The highest BCUT2D eigenvalue weighted by Crippen LogP contribution is 2.46. The molecule has 0 aliphatic heterocycles. The highest BCUT2D eigenvalue weighted by Gasteiger charge is 2.37. The van der Waals surface area contributed by atoms with Crippen molar-refractivity contribution in [1.82, 2.24) is 25.0 Å². The highest BCUT2D eigenvalue weighted by molar-refractivity contribution is 6.32. The average Bonchev–Trinajstić information content (AvgIpc) is 3.45. The van der Waals surface area contributed by atoms with Crippen molar-refractivity contribution in [3.63, 3.8) is 0 Å². The van der Waals surface area contributed by atoms with Gasteiger partial charge in [0, 0.05) is 37.9 Å². The molecule has 0 N–H and O–H groups in total. The van der Waals surface area contributed by atoms with Gasteiger partial charge in [-0.2, -0.15) is 23.4 Å². The Labute approximate surface area is 192 Å². The van der Waals surface area contributed by atoms with Gasteiger partial charge >= 0.3 is 6.18 Å². The molecule has 4 rings (SSSR count). The van der Waals surface area contributed by atoms with Gasteiger partial charge in [0.2, 0.25) is 0 Å². The smallest absolute Gasteiger partial charge is 0.376 e. The zero-order chi connectivity index (χ0) is 23.8.